The lowest BCUT2D eigenvalue weighted by molar-refractivity contribution is -0.138. The van der Waals surface area contributed by atoms with Crippen LogP contribution in [0.5, 0.6) is 0 Å². The van der Waals surface area contributed by atoms with Gasteiger partial charge >= 0.3 is 12.1 Å². The smallest absolute Gasteiger partial charge is 0.416 e. The number of carbonyl (C=O) groups is 2. The molecular formula is C24H25N3O4. The van der Waals surface area contributed by atoms with Crippen molar-refractivity contribution in [1.29, 1.82) is 0 Å². The zero-order valence-electron chi connectivity index (χ0n) is 17.7. The molecule has 2 heterocycles. The molecule has 3 N–H and O–H groups in total. The van der Waals surface area contributed by atoms with E-state index < -0.39 is 23.7 Å². The van der Waals surface area contributed by atoms with E-state index in [1.54, 1.807) is 33.0 Å². The Kier molecular flexibility index (Phi) is 5.19. The van der Waals surface area contributed by atoms with Crippen LogP contribution in [-0.2, 0) is 16.0 Å². The number of carboxylic acid groups (broad SMARTS) is 1. The van der Waals surface area contributed by atoms with Gasteiger partial charge in [0, 0.05) is 34.4 Å². The number of para-hydroxylation sites is 2. The van der Waals surface area contributed by atoms with Gasteiger partial charge in [0.2, 0.25) is 0 Å². The minimum Gasteiger partial charge on any atom is -0.480 e. The number of hydrogen-bond acceptors (Lipinski definition) is 3. The highest BCUT2D eigenvalue weighted by Crippen LogP contribution is 2.28. The summed E-state index contributed by atoms with van der Waals surface area (Å²) < 4.78 is 5.58. The maximum atomic E-state index is 13.2. The number of carbonyl (C=O) groups excluding carboxylic acids is 1. The number of hydrogen-bond donors (Lipinski definition) is 3. The molecule has 7 heteroatoms. The lowest BCUT2D eigenvalue weighted by atomic mass is 10.0. The average molecular weight is 419 g/mol. The van der Waals surface area contributed by atoms with Crippen LogP contribution < -0.4 is 4.90 Å². The molecule has 0 aliphatic carbocycles. The second-order valence-electron chi connectivity index (χ2n) is 8.51. The maximum absolute atomic E-state index is 13.2. The summed E-state index contributed by atoms with van der Waals surface area (Å²) in [6.45, 7) is 5.26. The van der Waals surface area contributed by atoms with Crippen LogP contribution in [0.4, 0.5) is 10.6 Å². The van der Waals surface area contributed by atoms with Gasteiger partial charge < -0.3 is 19.8 Å². The van der Waals surface area contributed by atoms with E-state index in [-0.39, 0.29) is 6.42 Å². The average Bonchev–Trinajstić information content (AvgIpc) is 3.30. The molecule has 31 heavy (non-hydrogen) atoms. The van der Waals surface area contributed by atoms with Crippen LogP contribution in [0.2, 0.25) is 0 Å². The first kappa shape index (κ1) is 20.5. The summed E-state index contributed by atoms with van der Waals surface area (Å²) in [6, 6.07) is 15.8. The Morgan fingerprint density at radius 1 is 1.06 bits per heavy atom. The van der Waals surface area contributed by atoms with E-state index in [1.807, 2.05) is 48.5 Å². The van der Waals surface area contributed by atoms with Crippen LogP contribution in [0.25, 0.3) is 21.8 Å². The number of nitrogens with one attached hydrogen (secondary N) is 2. The summed E-state index contributed by atoms with van der Waals surface area (Å²) in [5, 5.41) is 11.9. The number of nitrogens with zero attached hydrogens (tertiary/aromatic N) is 1. The Morgan fingerprint density at radius 2 is 1.74 bits per heavy atom. The number of aromatic amines is 2. The van der Waals surface area contributed by atoms with Gasteiger partial charge in [-0.1, -0.05) is 36.4 Å². The number of aromatic nitrogens is 2. The van der Waals surface area contributed by atoms with Crippen molar-refractivity contribution in [2.24, 2.45) is 0 Å². The highest BCUT2D eigenvalue weighted by atomic mass is 16.6. The fourth-order valence-corrected chi connectivity index (χ4v) is 3.69. The van der Waals surface area contributed by atoms with Crippen molar-refractivity contribution in [2.75, 3.05) is 4.90 Å². The predicted molar refractivity (Wildman–Crippen MR) is 120 cm³/mol. The molecule has 0 saturated carbocycles. The normalized spacial score (nSPS) is 12.7. The molecule has 4 aromatic rings. The number of anilines is 1. The van der Waals surface area contributed by atoms with Gasteiger partial charge in [-0.2, -0.15) is 0 Å². The number of ether oxygens (including phenoxy) is 1. The highest BCUT2D eigenvalue weighted by molar-refractivity contribution is 5.98. The molecular weight excluding hydrogens is 394 g/mol. The first-order valence-corrected chi connectivity index (χ1v) is 10.1. The van der Waals surface area contributed by atoms with E-state index in [9.17, 15) is 14.7 Å². The fourth-order valence-electron chi connectivity index (χ4n) is 3.69. The molecule has 0 bridgehead atoms. The topological polar surface area (TPSA) is 98.4 Å². The monoisotopic (exact) mass is 419 g/mol. The van der Waals surface area contributed by atoms with Gasteiger partial charge in [-0.05, 0) is 44.5 Å². The van der Waals surface area contributed by atoms with E-state index in [4.69, 9.17) is 4.74 Å². The molecule has 1 atom stereocenters. The maximum Gasteiger partial charge on any atom is 0.416 e. The first-order valence-electron chi connectivity index (χ1n) is 10.1. The third kappa shape index (κ3) is 4.26. The molecule has 0 radical (unpaired) electrons. The first-order chi connectivity index (χ1) is 14.7. The van der Waals surface area contributed by atoms with Gasteiger partial charge in [-0.15, -0.1) is 0 Å². The van der Waals surface area contributed by atoms with Crippen molar-refractivity contribution in [3.8, 4) is 0 Å². The second-order valence-corrected chi connectivity index (χ2v) is 8.51. The van der Waals surface area contributed by atoms with Crippen LogP contribution >= 0.6 is 0 Å². The van der Waals surface area contributed by atoms with Crippen molar-refractivity contribution in [3.05, 3.63) is 66.4 Å². The van der Waals surface area contributed by atoms with Crippen molar-refractivity contribution < 1.29 is 19.4 Å². The molecule has 0 saturated heterocycles. The van der Waals surface area contributed by atoms with Crippen molar-refractivity contribution in [2.45, 2.75) is 38.8 Å². The van der Waals surface area contributed by atoms with Crippen LogP contribution in [0.15, 0.2) is 60.8 Å². The number of fused-ring (bicyclic) bond motifs is 2. The number of amides is 1. The van der Waals surface area contributed by atoms with Crippen LogP contribution in [0, 0.1) is 0 Å². The minimum atomic E-state index is -1.16. The van der Waals surface area contributed by atoms with Crippen LogP contribution in [0.1, 0.15) is 26.3 Å². The molecule has 0 spiro atoms. The molecule has 0 aliphatic heterocycles. The Hall–Kier alpha value is -3.74. The number of H-pyrrole nitrogens is 2. The minimum absolute atomic E-state index is 0.119. The third-order valence-electron chi connectivity index (χ3n) is 5.05. The Morgan fingerprint density at radius 3 is 2.42 bits per heavy atom. The molecule has 0 fully saturated rings. The van der Waals surface area contributed by atoms with E-state index in [0.29, 0.717) is 5.82 Å². The predicted octanol–water partition coefficient (Wildman–Crippen LogP) is 5.09. The fraction of sp³-hybridized carbons (Fsp3) is 0.250. The van der Waals surface area contributed by atoms with Gasteiger partial charge in [-0.3, -0.25) is 0 Å². The molecule has 0 unspecified atom stereocenters. The highest BCUT2D eigenvalue weighted by Gasteiger charge is 2.36. The zero-order chi connectivity index (χ0) is 22.2. The zero-order valence-corrected chi connectivity index (χ0v) is 17.7. The van der Waals surface area contributed by atoms with Crippen LogP contribution in [0.3, 0.4) is 0 Å². The van der Waals surface area contributed by atoms with E-state index in [2.05, 4.69) is 9.97 Å². The van der Waals surface area contributed by atoms with Crippen molar-refractivity contribution in [1.82, 2.24) is 9.97 Å². The van der Waals surface area contributed by atoms with Crippen molar-refractivity contribution in [3.63, 3.8) is 0 Å². The Balaban J connectivity index is 1.78. The Labute approximate surface area is 179 Å². The third-order valence-corrected chi connectivity index (χ3v) is 5.05. The largest absolute Gasteiger partial charge is 0.480 e. The molecule has 4 rings (SSSR count). The van der Waals surface area contributed by atoms with E-state index in [0.717, 1.165) is 27.4 Å². The number of benzene rings is 2. The quantitative estimate of drug-likeness (QED) is 0.420. The summed E-state index contributed by atoms with van der Waals surface area (Å²) in [7, 11) is 0. The molecule has 160 valence electrons. The van der Waals surface area contributed by atoms with Crippen molar-refractivity contribution >= 4 is 39.7 Å². The van der Waals surface area contributed by atoms with Gasteiger partial charge in [0.15, 0.2) is 0 Å². The van der Waals surface area contributed by atoms with Gasteiger partial charge in [0.1, 0.15) is 17.5 Å². The molecule has 0 aliphatic rings. The standard InChI is InChI=1S/C24H25N3O4/c1-24(2,3)31-23(30)27(21-13-15-8-4-6-10-18(15)26-21)20(22(28)29)12-16-14-25-19-11-7-5-9-17(16)19/h4-11,13-14,20,25-26H,12H2,1-3H3,(H,28,29)/t20-/m0/s1. The summed E-state index contributed by atoms with van der Waals surface area (Å²) in [5.41, 5.74) is 1.76. The number of carboxylic acids is 1. The second kappa shape index (κ2) is 7.83. The number of aliphatic carboxylic acids is 1. The lowest BCUT2D eigenvalue weighted by Crippen LogP contribution is -2.49. The summed E-state index contributed by atoms with van der Waals surface area (Å²) in [5.74, 6) is -0.738. The molecule has 2 aromatic carbocycles. The van der Waals surface area contributed by atoms with Gasteiger partial charge in [-0.25, -0.2) is 14.5 Å². The van der Waals surface area contributed by atoms with Gasteiger partial charge in [0.25, 0.3) is 0 Å². The molecule has 7 nitrogen and oxygen atoms in total. The van der Waals surface area contributed by atoms with E-state index >= 15 is 0 Å². The molecule has 2 aromatic heterocycles. The summed E-state index contributed by atoms with van der Waals surface area (Å²) in [6.07, 6.45) is 1.19. The summed E-state index contributed by atoms with van der Waals surface area (Å²) >= 11 is 0. The van der Waals surface area contributed by atoms with Crippen LogP contribution in [-0.4, -0.2) is 38.8 Å². The lowest BCUT2D eigenvalue weighted by Gasteiger charge is -2.30. The molecule has 1 amide bonds. The SMILES string of the molecule is CC(C)(C)OC(=O)N(c1cc2ccccc2[nH]1)[C@@H](Cc1c[nH]c2ccccc12)C(=O)O. The summed E-state index contributed by atoms with van der Waals surface area (Å²) in [4.78, 5) is 33.1. The van der Waals surface area contributed by atoms with E-state index in [1.165, 1.54) is 4.90 Å². The Bertz CT molecular complexity index is 1220. The number of rotatable bonds is 5. The van der Waals surface area contributed by atoms with Gasteiger partial charge in [0.05, 0.1) is 0 Å².